The molecule has 1 amide bonds. The van der Waals surface area contributed by atoms with Crippen LogP contribution in [0.5, 0.6) is 0 Å². The van der Waals surface area contributed by atoms with Crippen LogP contribution in [0.3, 0.4) is 0 Å². The first kappa shape index (κ1) is 15.8. The number of hydrogen-bond donors (Lipinski definition) is 1. The van der Waals surface area contributed by atoms with Crippen LogP contribution in [-0.4, -0.2) is 5.91 Å². The highest BCUT2D eigenvalue weighted by Crippen LogP contribution is 2.41. The molecule has 2 heteroatoms. The predicted molar refractivity (Wildman–Crippen MR) is 94.6 cm³/mol. The normalized spacial score (nSPS) is 16.5. The Bertz CT molecular complexity index is 676. The van der Waals surface area contributed by atoms with Crippen LogP contribution in [0.4, 0.5) is 0 Å². The molecule has 0 saturated heterocycles. The second-order valence-electron chi connectivity index (χ2n) is 7.58. The van der Waals surface area contributed by atoms with Gasteiger partial charge in [-0.05, 0) is 47.9 Å². The summed E-state index contributed by atoms with van der Waals surface area (Å²) in [6.07, 6.45) is 3.20. The number of carbonyl (C=O) groups excluding carboxylic acids is 1. The molecule has 0 radical (unpaired) electrons. The van der Waals surface area contributed by atoms with Gasteiger partial charge in [-0.3, -0.25) is 4.79 Å². The first-order valence-electron chi connectivity index (χ1n) is 8.39. The Balaban J connectivity index is 1.78. The summed E-state index contributed by atoms with van der Waals surface area (Å²) in [5, 5.41) is 3.28. The van der Waals surface area contributed by atoms with Crippen LogP contribution in [0.15, 0.2) is 54.6 Å². The van der Waals surface area contributed by atoms with Crippen molar-refractivity contribution in [1.82, 2.24) is 5.32 Å². The number of rotatable bonds is 3. The molecule has 1 fully saturated rings. The summed E-state index contributed by atoms with van der Waals surface area (Å²) in [4.78, 5) is 12.7. The largest absolute Gasteiger partial charge is 0.343 e. The fourth-order valence-corrected chi connectivity index (χ4v) is 3.18. The fourth-order valence-electron chi connectivity index (χ4n) is 3.18. The number of nitrogens with one attached hydrogen (secondary N) is 1. The third kappa shape index (κ3) is 3.17. The molecule has 0 bridgehead atoms. The summed E-state index contributed by atoms with van der Waals surface area (Å²) < 4.78 is 0. The van der Waals surface area contributed by atoms with Crippen LogP contribution in [0.1, 0.15) is 61.5 Å². The Morgan fingerprint density at radius 2 is 1.57 bits per heavy atom. The van der Waals surface area contributed by atoms with E-state index in [9.17, 15) is 4.79 Å². The minimum absolute atomic E-state index is 0.0222. The van der Waals surface area contributed by atoms with Gasteiger partial charge >= 0.3 is 0 Å². The van der Waals surface area contributed by atoms with Gasteiger partial charge in [0.15, 0.2) is 0 Å². The molecule has 2 aromatic rings. The predicted octanol–water partition coefficient (Wildman–Crippen LogP) is 4.79. The highest BCUT2D eigenvalue weighted by Gasteiger charge is 2.40. The summed E-state index contributed by atoms with van der Waals surface area (Å²) in [6, 6.07) is 18.3. The molecule has 0 unspecified atom stereocenters. The van der Waals surface area contributed by atoms with Gasteiger partial charge in [0, 0.05) is 5.56 Å². The van der Waals surface area contributed by atoms with Gasteiger partial charge in [0.2, 0.25) is 0 Å². The zero-order valence-electron chi connectivity index (χ0n) is 14.2. The van der Waals surface area contributed by atoms with E-state index in [-0.39, 0.29) is 16.9 Å². The van der Waals surface area contributed by atoms with Crippen molar-refractivity contribution in [1.29, 1.82) is 0 Å². The highest BCUT2D eigenvalue weighted by molar-refractivity contribution is 5.95. The third-order valence-electron chi connectivity index (χ3n) is 4.90. The van der Waals surface area contributed by atoms with Gasteiger partial charge in [0.05, 0.1) is 5.54 Å². The van der Waals surface area contributed by atoms with Crippen molar-refractivity contribution >= 4 is 5.91 Å². The average Bonchev–Trinajstić information content (AvgIpc) is 2.51. The monoisotopic (exact) mass is 307 g/mol. The molecule has 1 N–H and O–H groups in total. The van der Waals surface area contributed by atoms with E-state index in [0.29, 0.717) is 0 Å². The minimum Gasteiger partial charge on any atom is -0.343 e. The lowest BCUT2D eigenvalue weighted by molar-refractivity contribution is 0.0823. The lowest BCUT2D eigenvalue weighted by Crippen LogP contribution is -2.50. The van der Waals surface area contributed by atoms with E-state index < -0.39 is 0 Å². The molecule has 0 heterocycles. The van der Waals surface area contributed by atoms with Crippen molar-refractivity contribution in [3.63, 3.8) is 0 Å². The fraction of sp³-hybridized carbons (Fsp3) is 0.381. The van der Waals surface area contributed by atoms with Crippen LogP contribution < -0.4 is 5.32 Å². The number of hydrogen-bond acceptors (Lipinski definition) is 1. The molecule has 120 valence electrons. The van der Waals surface area contributed by atoms with Crippen molar-refractivity contribution in [3.05, 3.63) is 71.3 Å². The van der Waals surface area contributed by atoms with Crippen LogP contribution in [0.25, 0.3) is 0 Å². The van der Waals surface area contributed by atoms with E-state index >= 15 is 0 Å². The smallest absolute Gasteiger partial charge is 0.251 e. The second kappa shape index (κ2) is 5.84. The highest BCUT2D eigenvalue weighted by atomic mass is 16.1. The maximum Gasteiger partial charge on any atom is 0.251 e. The number of amides is 1. The summed E-state index contributed by atoms with van der Waals surface area (Å²) in [6.45, 7) is 6.54. The summed E-state index contributed by atoms with van der Waals surface area (Å²) in [7, 11) is 0. The Hall–Kier alpha value is -2.09. The van der Waals surface area contributed by atoms with Gasteiger partial charge in [-0.1, -0.05) is 63.2 Å². The first-order chi connectivity index (χ1) is 10.9. The average molecular weight is 307 g/mol. The first-order valence-corrected chi connectivity index (χ1v) is 8.39. The summed E-state index contributed by atoms with van der Waals surface area (Å²) in [5.41, 5.74) is 3.12. The Morgan fingerprint density at radius 1 is 0.957 bits per heavy atom. The molecule has 23 heavy (non-hydrogen) atoms. The quantitative estimate of drug-likeness (QED) is 0.867. The van der Waals surface area contributed by atoms with Gasteiger partial charge in [-0.15, -0.1) is 0 Å². The van der Waals surface area contributed by atoms with E-state index in [4.69, 9.17) is 0 Å². The maximum absolute atomic E-state index is 12.7. The summed E-state index contributed by atoms with van der Waals surface area (Å²) >= 11 is 0. The van der Waals surface area contributed by atoms with Crippen LogP contribution in [0, 0.1) is 0 Å². The van der Waals surface area contributed by atoms with Crippen LogP contribution in [0.2, 0.25) is 0 Å². The van der Waals surface area contributed by atoms with Gasteiger partial charge < -0.3 is 5.32 Å². The molecule has 1 aliphatic carbocycles. The van der Waals surface area contributed by atoms with Crippen molar-refractivity contribution in [2.45, 2.75) is 51.0 Å². The van der Waals surface area contributed by atoms with Gasteiger partial charge in [-0.2, -0.15) is 0 Å². The standard InChI is InChI=1S/C21H25NO/c1-20(2,3)17-12-10-16(11-13-17)19(23)22-21(14-7-15-21)18-8-5-4-6-9-18/h4-6,8-13H,7,14-15H2,1-3H3,(H,22,23). The molecule has 0 spiro atoms. The molecule has 2 aromatic carbocycles. The molecule has 0 aliphatic heterocycles. The Labute approximate surface area is 138 Å². The molecular weight excluding hydrogens is 282 g/mol. The molecular formula is C21H25NO. The Morgan fingerprint density at radius 3 is 2.04 bits per heavy atom. The third-order valence-corrected chi connectivity index (χ3v) is 4.90. The zero-order chi connectivity index (χ0) is 16.5. The van der Waals surface area contributed by atoms with Crippen molar-refractivity contribution < 1.29 is 4.79 Å². The number of carbonyl (C=O) groups is 1. The minimum atomic E-state index is -0.180. The molecule has 2 nitrogen and oxygen atoms in total. The van der Waals surface area contributed by atoms with Crippen molar-refractivity contribution in [3.8, 4) is 0 Å². The zero-order valence-corrected chi connectivity index (χ0v) is 14.2. The molecule has 3 rings (SSSR count). The summed E-state index contributed by atoms with van der Waals surface area (Å²) in [5.74, 6) is 0.0222. The molecule has 1 saturated carbocycles. The topological polar surface area (TPSA) is 29.1 Å². The van der Waals surface area contributed by atoms with E-state index in [1.165, 1.54) is 11.1 Å². The van der Waals surface area contributed by atoms with Crippen LogP contribution in [-0.2, 0) is 11.0 Å². The van der Waals surface area contributed by atoms with E-state index in [2.05, 4.69) is 50.4 Å². The molecule has 0 aromatic heterocycles. The van der Waals surface area contributed by atoms with E-state index in [1.54, 1.807) is 0 Å². The molecule has 0 atom stereocenters. The SMILES string of the molecule is CC(C)(C)c1ccc(C(=O)NC2(c3ccccc3)CCC2)cc1. The second-order valence-corrected chi connectivity index (χ2v) is 7.58. The maximum atomic E-state index is 12.7. The van der Waals surface area contributed by atoms with Crippen molar-refractivity contribution in [2.75, 3.05) is 0 Å². The van der Waals surface area contributed by atoms with Gasteiger partial charge in [0.1, 0.15) is 0 Å². The van der Waals surface area contributed by atoms with Gasteiger partial charge in [0.25, 0.3) is 5.91 Å². The molecule has 1 aliphatic rings. The van der Waals surface area contributed by atoms with Crippen LogP contribution >= 0.6 is 0 Å². The van der Waals surface area contributed by atoms with E-state index in [0.717, 1.165) is 24.8 Å². The Kier molecular flexibility index (Phi) is 4.01. The lowest BCUT2D eigenvalue weighted by atomic mass is 9.71. The van der Waals surface area contributed by atoms with E-state index in [1.807, 2.05) is 30.3 Å². The van der Waals surface area contributed by atoms with Crippen molar-refractivity contribution in [2.24, 2.45) is 0 Å². The lowest BCUT2D eigenvalue weighted by Gasteiger charge is -2.43. The number of benzene rings is 2. The van der Waals surface area contributed by atoms with Gasteiger partial charge in [-0.25, -0.2) is 0 Å².